The predicted octanol–water partition coefficient (Wildman–Crippen LogP) is -2.28. The number of carboxylic acids is 5. The van der Waals surface area contributed by atoms with Gasteiger partial charge in [-0.3, -0.25) is 0 Å². The molecule has 9 N–H and O–H groups in total. The first-order valence-electron chi connectivity index (χ1n) is 15.8. The second-order valence-corrected chi connectivity index (χ2v) is 10.7. The van der Waals surface area contributed by atoms with Gasteiger partial charge in [0.1, 0.15) is 30.5 Å². The van der Waals surface area contributed by atoms with E-state index in [0.717, 1.165) is 0 Å². The monoisotopic (exact) mass is 863 g/mol. The van der Waals surface area contributed by atoms with Crippen molar-refractivity contribution in [2.45, 2.75) is 30.5 Å². The Bertz CT molecular complexity index is 1550. The smallest absolute Gasteiger partial charge is 0.547 e. The molecule has 16 nitrogen and oxygen atoms in total. The number of rotatable bonds is 10. The van der Waals surface area contributed by atoms with Gasteiger partial charge in [-0.15, -0.1) is 0 Å². The predicted molar refractivity (Wildman–Crippen MR) is 188 cm³/mol. The van der Waals surface area contributed by atoms with Crippen molar-refractivity contribution >= 4 is 29.8 Å². The first-order valence-corrected chi connectivity index (χ1v) is 15.8. The van der Waals surface area contributed by atoms with Gasteiger partial charge in [-0.2, -0.15) is 0 Å². The topological polar surface area (TPSA) is 338 Å². The van der Waals surface area contributed by atoms with E-state index in [2.05, 4.69) is 0 Å². The number of aliphatic hydroxyl groups excluding tert-OH is 5. The number of carbonyl (C=O) groups is 5. The minimum atomic E-state index is -1.52. The summed E-state index contributed by atoms with van der Waals surface area (Å²) in [6.45, 7) is 0. The standard InChI is InChI=1S/5C8H8O3.H3N.Zr/c5*9-7(8(10)11)6-4-2-1-3-5-6;;/h5*1-5,7,9H,(H,10,11);1H3;/q;;;;;;+4/p-4. The van der Waals surface area contributed by atoms with Gasteiger partial charge in [-0.05, 0) is 27.8 Å². The molecule has 0 spiro atoms. The molecule has 0 aliphatic rings. The average Bonchev–Trinajstić information content (AvgIpc) is 3.21. The minimum Gasteiger partial charge on any atom is -0.547 e. The molecule has 0 heterocycles. The number of carboxylic acid groups (broad SMARTS) is 5. The van der Waals surface area contributed by atoms with E-state index in [-0.39, 0.29) is 32.4 Å². The fourth-order valence-corrected chi connectivity index (χ4v) is 3.86. The maximum Gasteiger partial charge on any atom is 4.00 e. The number of hydrogen-bond acceptors (Lipinski definition) is 15. The third-order valence-electron chi connectivity index (χ3n) is 6.69. The summed E-state index contributed by atoms with van der Waals surface area (Å²) >= 11 is 0. The van der Waals surface area contributed by atoms with Crippen LogP contribution in [0.1, 0.15) is 58.3 Å². The van der Waals surface area contributed by atoms with Crippen LogP contribution in [-0.4, -0.2) is 55.4 Å². The van der Waals surface area contributed by atoms with Crippen LogP contribution in [0.15, 0.2) is 152 Å². The normalized spacial score (nSPS) is 12.0. The van der Waals surface area contributed by atoms with E-state index in [1.165, 1.54) is 60.7 Å². The Morgan fingerprint density at radius 3 is 0.491 bits per heavy atom. The fourth-order valence-electron chi connectivity index (χ4n) is 3.86. The molecule has 5 aromatic carbocycles. The number of hydrogen-bond donors (Lipinski definition) is 6. The van der Waals surface area contributed by atoms with Gasteiger partial charge in [-0.25, -0.2) is 0 Å². The molecule has 57 heavy (non-hydrogen) atoms. The van der Waals surface area contributed by atoms with E-state index in [1.54, 1.807) is 91.0 Å². The number of aliphatic carboxylic acids is 5. The third kappa shape index (κ3) is 21.1. The number of aliphatic hydroxyl groups is 5. The summed E-state index contributed by atoms with van der Waals surface area (Å²) in [6, 6.07) is 40.5. The van der Waals surface area contributed by atoms with Crippen molar-refractivity contribution in [2.24, 2.45) is 0 Å². The zero-order valence-corrected chi connectivity index (χ0v) is 32.6. The van der Waals surface area contributed by atoms with Crippen molar-refractivity contribution < 1.29 is 101 Å². The summed E-state index contributed by atoms with van der Waals surface area (Å²) in [5, 5.41) is 95.4. The van der Waals surface area contributed by atoms with Crippen LogP contribution < -0.4 is 31.7 Å². The molecular formula is C40H39NO15Zr. The summed E-state index contributed by atoms with van der Waals surface area (Å²) in [5.41, 5.74) is 1.70. The molecular weight excluding hydrogens is 826 g/mol. The Balaban J connectivity index is 0. The van der Waals surface area contributed by atoms with Crippen LogP contribution in [0.2, 0.25) is 0 Å². The Morgan fingerprint density at radius 1 is 0.298 bits per heavy atom. The fraction of sp³-hybridized carbons (Fsp3) is 0.125. The van der Waals surface area contributed by atoms with Crippen molar-refractivity contribution in [2.75, 3.05) is 0 Å². The molecule has 0 bridgehead atoms. The van der Waals surface area contributed by atoms with Crippen molar-refractivity contribution in [3.63, 3.8) is 0 Å². The van der Waals surface area contributed by atoms with E-state index in [1.807, 2.05) is 0 Å². The van der Waals surface area contributed by atoms with Crippen molar-refractivity contribution in [1.82, 2.24) is 6.15 Å². The van der Waals surface area contributed by atoms with Gasteiger partial charge >= 0.3 is 26.2 Å². The van der Waals surface area contributed by atoms with Crippen LogP contribution in [0.3, 0.4) is 0 Å². The molecule has 0 aromatic heterocycles. The average molecular weight is 865 g/mol. The number of quaternary nitrogens is 1. The molecule has 0 aliphatic heterocycles. The Hall–Kier alpha value is -5.91. The summed E-state index contributed by atoms with van der Waals surface area (Å²) in [5.74, 6) is -7.38. The van der Waals surface area contributed by atoms with Gasteiger partial charge in [0.05, 0.1) is 29.8 Å². The van der Waals surface area contributed by atoms with Crippen molar-refractivity contribution in [3.05, 3.63) is 179 Å². The van der Waals surface area contributed by atoms with Gasteiger partial charge < -0.3 is 81.2 Å². The first-order chi connectivity index (χ1) is 26.1. The molecule has 5 aromatic rings. The molecule has 0 radical (unpaired) electrons. The van der Waals surface area contributed by atoms with Crippen molar-refractivity contribution in [1.29, 1.82) is 0 Å². The molecule has 0 fully saturated rings. The van der Waals surface area contributed by atoms with E-state index in [4.69, 9.17) is 25.5 Å². The Morgan fingerprint density at radius 2 is 0.404 bits per heavy atom. The number of benzene rings is 5. The quantitative estimate of drug-likeness (QED) is 0.0862. The largest absolute Gasteiger partial charge is 4.00 e. The molecule has 17 heteroatoms. The summed E-state index contributed by atoms with van der Waals surface area (Å²) < 4.78 is 0. The Kier molecular flexibility index (Phi) is 27.4. The molecule has 5 atom stereocenters. The minimum absolute atomic E-state index is 0. The van der Waals surface area contributed by atoms with Crippen LogP contribution in [0.25, 0.3) is 0 Å². The van der Waals surface area contributed by atoms with E-state index >= 15 is 0 Å². The maximum atomic E-state index is 10.1. The number of carbonyl (C=O) groups excluding carboxylic acids is 5. The molecule has 0 amide bonds. The van der Waals surface area contributed by atoms with Gasteiger partial charge in [0.2, 0.25) is 0 Å². The second kappa shape index (κ2) is 29.4. The van der Waals surface area contributed by atoms with Crippen molar-refractivity contribution in [3.8, 4) is 0 Å². The van der Waals surface area contributed by atoms with Crippen LogP contribution in [0, 0.1) is 0 Å². The van der Waals surface area contributed by atoms with Crippen LogP contribution in [0.5, 0.6) is 0 Å². The Labute approximate surface area is 345 Å². The zero-order valence-electron chi connectivity index (χ0n) is 30.1. The van der Waals surface area contributed by atoms with Crippen LogP contribution >= 0.6 is 0 Å². The third-order valence-corrected chi connectivity index (χ3v) is 6.69. The zero-order chi connectivity index (χ0) is 41.3. The molecule has 298 valence electrons. The van der Waals surface area contributed by atoms with E-state index < -0.39 is 60.4 Å². The van der Waals surface area contributed by atoms with Gasteiger partial charge in [0.25, 0.3) is 0 Å². The molecule has 5 unspecified atom stereocenters. The molecule has 0 saturated heterocycles. The first kappa shape index (κ1) is 53.2. The second-order valence-electron chi connectivity index (χ2n) is 10.7. The molecule has 0 aliphatic carbocycles. The summed E-state index contributed by atoms with van der Waals surface area (Å²) in [6.07, 6.45) is -7.59. The summed E-state index contributed by atoms with van der Waals surface area (Å²) in [4.78, 5) is 50.7. The molecule has 5 rings (SSSR count). The van der Waals surface area contributed by atoms with Gasteiger partial charge in [-0.1, -0.05) is 152 Å². The maximum absolute atomic E-state index is 10.1. The molecule has 0 saturated carbocycles. The van der Waals surface area contributed by atoms with Gasteiger partial charge in [0.15, 0.2) is 0 Å². The SMILES string of the molecule is O=C([O-])C(O)c1ccccc1.O=C([O-])C(O)c1ccccc1.O=C([O-])C(O)c1ccccc1.O=C([O-])C(O)c1ccccc1.O=C([O-])C(O)c1ccccc1.[NH4+].[Zr+4]. The van der Waals surface area contributed by atoms with E-state index in [9.17, 15) is 49.5 Å². The van der Waals surface area contributed by atoms with Crippen LogP contribution in [0.4, 0.5) is 0 Å². The summed E-state index contributed by atoms with van der Waals surface area (Å²) in [7, 11) is 0. The van der Waals surface area contributed by atoms with Crippen LogP contribution in [-0.2, 0) is 50.2 Å². The van der Waals surface area contributed by atoms with E-state index in [0.29, 0.717) is 27.8 Å². The van der Waals surface area contributed by atoms with Gasteiger partial charge in [0, 0.05) is 0 Å².